The summed E-state index contributed by atoms with van der Waals surface area (Å²) in [6.07, 6.45) is 3.78. The predicted molar refractivity (Wildman–Crippen MR) is 53.5 cm³/mol. The fourth-order valence-electron chi connectivity index (χ4n) is 2.28. The summed E-state index contributed by atoms with van der Waals surface area (Å²) in [6.45, 7) is 0. The number of aromatic nitrogens is 1. The number of hydrogen-bond donors (Lipinski definition) is 2. The second kappa shape index (κ2) is 2.58. The number of nitrogens with one attached hydrogen (secondary N) is 1. The maximum atomic E-state index is 13.4. The number of nitrogens with two attached hydrogens (primary N) is 1. The second-order valence-corrected chi connectivity index (χ2v) is 3.85. The number of benzene rings is 1. The van der Waals surface area contributed by atoms with Crippen LogP contribution in [0.15, 0.2) is 18.3 Å². The van der Waals surface area contributed by atoms with Gasteiger partial charge in [0.1, 0.15) is 5.82 Å². The molecule has 1 aromatic carbocycles. The Labute approximate surface area is 80.9 Å². The van der Waals surface area contributed by atoms with Crippen molar-refractivity contribution in [3.63, 3.8) is 0 Å². The molecule has 0 aliphatic heterocycles. The topological polar surface area (TPSA) is 41.8 Å². The molecule has 2 nitrogen and oxygen atoms in total. The minimum absolute atomic E-state index is 0.0569. The highest BCUT2D eigenvalue weighted by molar-refractivity contribution is 5.88. The first kappa shape index (κ1) is 8.00. The number of aryl methyl sites for hydroxylation is 1. The number of H-pyrrole nitrogens is 1. The van der Waals surface area contributed by atoms with E-state index in [1.165, 1.54) is 11.6 Å². The maximum Gasteiger partial charge on any atom is 0.147 e. The zero-order valence-corrected chi connectivity index (χ0v) is 7.68. The van der Waals surface area contributed by atoms with Crippen molar-refractivity contribution in [1.29, 1.82) is 0 Å². The number of hydrogen-bond acceptors (Lipinski definition) is 1. The fourth-order valence-corrected chi connectivity index (χ4v) is 2.28. The Hall–Kier alpha value is -1.35. The van der Waals surface area contributed by atoms with Crippen LogP contribution in [0.2, 0.25) is 0 Å². The van der Waals surface area contributed by atoms with E-state index >= 15 is 0 Å². The Morgan fingerprint density at radius 1 is 1.43 bits per heavy atom. The largest absolute Gasteiger partial charge is 0.359 e. The van der Waals surface area contributed by atoms with E-state index in [9.17, 15) is 4.39 Å². The SMILES string of the molecule is NC1CCc2c[nH]c3c(F)ccc1c23. The van der Waals surface area contributed by atoms with E-state index in [2.05, 4.69) is 4.98 Å². The van der Waals surface area contributed by atoms with Gasteiger partial charge >= 0.3 is 0 Å². The fraction of sp³-hybridized carbons (Fsp3) is 0.273. The molecule has 1 heterocycles. The highest BCUT2D eigenvalue weighted by Gasteiger charge is 2.21. The Bertz CT molecular complexity index is 501. The van der Waals surface area contributed by atoms with Gasteiger partial charge in [0, 0.05) is 17.6 Å². The summed E-state index contributed by atoms with van der Waals surface area (Å²) >= 11 is 0. The molecule has 1 aliphatic carbocycles. The summed E-state index contributed by atoms with van der Waals surface area (Å²) in [7, 11) is 0. The van der Waals surface area contributed by atoms with E-state index in [0.717, 1.165) is 23.8 Å². The van der Waals surface area contributed by atoms with Gasteiger partial charge in [-0.05, 0) is 30.0 Å². The quantitative estimate of drug-likeness (QED) is 0.657. The van der Waals surface area contributed by atoms with Gasteiger partial charge in [-0.15, -0.1) is 0 Å². The second-order valence-electron chi connectivity index (χ2n) is 3.85. The first-order chi connectivity index (χ1) is 6.77. The summed E-state index contributed by atoms with van der Waals surface area (Å²) in [5.41, 5.74) is 8.85. The lowest BCUT2D eigenvalue weighted by atomic mass is 9.89. The average Bonchev–Trinajstić information content (AvgIpc) is 2.60. The lowest BCUT2D eigenvalue weighted by molar-refractivity contribution is 0.626. The minimum atomic E-state index is -0.191. The molecule has 14 heavy (non-hydrogen) atoms. The van der Waals surface area contributed by atoms with Gasteiger partial charge in [0.15, 0.2) is 0 Å². The molecular formula is C11H11FN2. The van der Waals surface area contributed by atoms with Gasteiger partial charge in [-0.1, -0.05) is 6.07 Å². The molecule has 0 fully saturated rings. The lowest BCUT2D eigenvalue weighted by Crippen LogP contribution is -2.15. The summed E-state index contributed by atoms with van der Waals surface area (Å²) in [5.74, 6) is -0.191. The van der Waals surface area contributed by atoms with Crippen LogP contribution >= 0.6 is 0 Å². The number of rotatable bonds is 0. The first-order valence-corrected chi connectivity index (χ1v) is 4.81. The maximum absolute atomic E-state index is 13.4. The van der Waals surface area contributed by atoms with Crippen LogP contribution < -0.4 is 5.73 Å². The van der Waals surface area contributed by atoms with Crippen LogP contribution in [0.5, 0.6) is 0 Å². The van der Waals surface area contributed by atoms with Crippen LogP contribution in [0, 0.1) is 5.82 Å². The van der Waals surface area contributed by atoms with E-state index in [4.69, 9.17) is 5.73 Å². The van der Waals surface area contributed by atoms with Crippen molar-refractivity contribution < 1.29 is 4.39 Å². The highest BCUT2D eigenvalue weighted by Crippen LogP contribution is 2.34. The Morgan fingerprint density at radius 2 is 2.29 bits per heavy atom. The predicted octanol–water partition coefficient (Wildman–Crippen LogP) is 2.25. The summed E-state index contributed by atoms with van der Waals surface area (Å²) in [5, 5.41) is 1.00. The molecule has 1 aromatic heterocycles. The Balaban J connectivity index is 2.46. The van der Waals surface area contributed by atoms with Gasteiger partial charge in [0.25, 0.3) is 0 Å². The Morgan fingerprint density at radius 3 is 3.14 bits per heavy atom. The van der Waals surface area contributed by atoms with Gasteiger partial charge < -0.3 is 10.7 Å². The molecule has 0 amide bonds. The zero-order valence-electron chi connectivity index (χ0n) is 7.68. The van der Waals surface area contributed by atoms with Crippen LogP contribution in [0.4, 0.5) is 4.39 Å². The summed E-state index contributed by atoms with van der Waals surface area (Å²) < 4.78 is 13.4. The number of aromatic amines is 1. The van der Waals surface area contributed by atoms with Crippen molar-refractivity contribution in [2.24, 2.45) is 5.73 Å². The van der Waals surface area contributed by atoms with Gasteiger partial charge in [0.05, 0.1) is 5.52 Å². The number of halogens is 1. The molecule has 0 spiro atoms. The normalized spacial score (nSPS) is 20.3. The molecule has 0 saturated heterocycles. The van der Waals surface area contributed by atoms with Crippen molar-refractivity contribution in [3.05, 3.63) is 35.3 Å². The van der Waals surface area contributed by atoms with Crippen molar-refractivity contribution in [2.45, 2.75) is 18.9 Å². The van der Waals surface area contributed by atoms with Crippen LogP contribution in [-0.2, 0) is 6.42 Å². The molecule has 3 rings (SSSR count). The molecule has 0 radical (unpaired) electrons. The third-order valence-electron chi connectivity index (χ3n) is 3.02. The van der Waals surface area contributed by atoms with Crippen LogP contribution in [0.3, 0.4) is 0 Å². The molecule has 2 aromatic rings. The molecule has 3 N–H and O–H groups in total. The van der Waals surface area contributed by atoms with Crippen LogP contribution in [0.25, 0.3) is 10.9 Å². The first-order valence-electron chi connectivity index (χ1n) is 4.81. The third-order valence-corrected chi connectivity index (χ3v) is 3.02. The van der Waals surface area contributed by atoms with Crippen molar-refractivity contribution in [1.82, 2.24) is 4.98 Å². The monoisotopic (exact) mass is 190 g/mol. The van der Waals surface area contributed by atoms with Gasteiger partial charge in [-0.2, -0.15) is 0 Å². The van der Waals surface area contributed by atoms with Gasteiger partial charge in [-0.25, -0.2) is 4.39 Å². The van der Waals surface area contributed by atoms with E-state index in [1.54, 1.807) is 6.07 Å². The van der Waals surface area contributed by atoms with Crippen LogP contribution in [0.1, 0.15) is 23.6 Å². The molecular weight excluding hydrogens is 179 g/mol. The van der Waals surface area contributed by atoms with Crippen molar-refractivity contribution in [3.8, 4) is 0 Å². The average molecular weight is 190 g/mol. The third kappa shape index (κ3) is 0.876. The van der Waals surface area contributed by atoms with E-state index in [-0.39, 0.29) is 11.9 Å². The molecule has 3 heteroatoms. The smallest absolute Gasteiger partial charge is 0.147 e. The molecule has 0 bridgehead atoms. The molecule has 72 valence electrons. The highest BCUT2D eigenvalue weighted by atomic mass is 19.1. The minimum Gasteiger partial charge on any atom is -0.359 e. The van der Waals surface area contributed by atoms with E-state index in [1.807, 2.05) is 6.20 Å². The molecule has 1 unspecified atom stereocenters. The lowest BCUT2D eigenvalue weighted by Gasteiger charge is -2.19. The van der Waals surface area contributed by atoms with Crippen molar-refractivity contribution >= 4 is 10.9 Å². The van der Waals surface area contributed by atoms with E-state index < -0.39 is 0 Å². The van der Waals surface area contributed by atoms with Crippen LogP contribution in [-0.4, -0.2) is 4.98 Å². The molecule has 1 aliphatic rings. The summed E-state index contributed by atoms with van der Waals surface area (Å²) in [6, 6.07) is 3.35. The van der Waals surface area contributed by atoms with E-state index in [0.29, 0.717) is 5.52 Å². The zero-order chi connectivity index (χ0) is 9.71. The van der Waals surface area contributed by atoms with Gasteiger partial charge in [-0.3, -0.25) is 0 Å². The molecule has 0 saturated carbocycles. The Kier molecular flexibility index (Phi) is 1.47. The summed E-state index contributed by atoms with van der Waals surface area (Å²) in [4.78, 5) is 2.98. The molecule has 1 atom stereocenters. The standard InChI is InChI=1S/C11H11FN2/c12-8-3-2-7-9(13)4-1-6-5-14-11(8)10(6)7/h2-3,5,9,14H,1,4,13H2. The van der Waals surface area contributed by atoms with Crippen molar-refractivity contribution in [2.75, 3.05) is 0 Å². The van der Waals surface area contributed by atoms with Gasteiger partial charge in [0.2, 0.25) is 0 Å².